The van der Waals surface area contributed by atoms with Crippen LogP contribution in [-0.4, -0.2) is 22.9 Å². The summed E-state index contributed by atoms with van der Waals surface area (Å²) in [4.78, 5) is 0. The molecular weight excluding hydrogens is 416 g/mol. The molecule has 10 heteroatoms. The van der Waals surface area contributed by atoms with Crippen LogP contribution >= 0.6 is 0 Å². The summed E-state index contributed by atoms with van der Waals surface area (Å²) in [5.41, 5.74) is 2.90. The van der Waals surface area contributed by atoms with E-state index in [0.717, 1.165) is 43.2 Å². The molecule has 3 aliphatic carbocycles. The third kappa shape index (κ3) is 3.93. The number of benzene rings is 1. The number of fused-ring (bicyclic) bond motifs is 5. The molecule has 3 aliphatic rings. The Bertz CT molecular complexity index is 1040. The van der Waals surface area contributed by atoms with Gasteiger partial charge in [0.05, 0.1) is 6.10 Å². The number of nitrogens with two attached hydrogens (primary N) is 2. The molecule has 0 bridgehead atoms. The van der Waals surface area contributed by atoms with Gasteiger partial charge in [-0.1, -0.05) is 13.0 Å². The maximum atomic E-state index is 11.5. The van der Waals surface area contributed by atoms with Gasteiger partial charge in [0.2, 0.25) is 0 Å². The third-order valence-electron chi connectivity index (χ3n) is 7.39. The molecular formula is C19H28N2O6S2. The second-order valence-corrected chi connectivity index (χ2v) is 11.3. The minimum atomic E-state index is -4.06. The molecule has 0 unspecified atom stereocenters. The van der Waals surface area contributed by atoms with Gasteiger partial charge >= 0.3 is 20.6 Å². The molecule has 4 rings (SSSR count). The number of hydrogen-bond acceptors (Lipinski definition) is 6. The van der Waals surface area contributed by atoms with Crippen molar-refractivity contribution >= 4 is 20.6 Å². The van der Waals surface area contributed by atoms with Crippen LogP contribution in [0.15, 0.2) is 12.1 Å². The average Bonchev–Trinajstić information content (AvgIpc) is 2.89. The van der Waals surface area contributed by atoms with Gasteiger partial charge in [-0.05, 0) is 91.4 Å². The predicted octanol–water partition coefficient (Wildman–Crippen LogP) is 2.02. The second-order valence-electron chi connectivity index (χ2n) is 9.01. The van der Waals surface area contributed by atoms with Crippen molar-refractivity contribution in [1.82, 2.24) is 0 Å². The van der Waals surface area contributed by atoms with Crippen LogP contribution in [0.4, 0.5) is 0 Å². The van der Waals surface area contributed by atoms with Crippen molar-refractivity contribution < 1.29 is 25.2 Å². The largest absolute Gasteiger partial charge is 0.380 e. The van der Waals surface area contributed by atoms with E-state index < -0.39 is 20.6 Å². The summed E-state index contributed by atoms with van der Waals surface area (Å²) in [6.07, 6.45) is 4.86. The molecule has 1 aromatic rings. The lowest BCUT2D eigenvalue weighted by atomic mass is 9.55. The van der Waals surface area contributed by atoms with E-state index in [1.54, 1.807) is 6.07 Å². The number of aryl methyl sites for hydroxylation is 2. The normalized spacial score (nSPS) is 34.2. The van der Waals surface area contributed by atoms with E-state index in [2.05, 4.69) is 6.92 Å². The van der Waals surface area contributed by atoms with Gasteiger partial charge in [-0.3, -0.25) is 4.18 Å². The van der Waals surface area contributed by atoms with E-state index in [9.17, 15) is 16.8 Å². The van der Waals surface area contributed by atoms with Crippen LogP contribution in [0.2, 0.25) is 0 Å². The van der Waals surface area contributed by atoms with Gasteiger partial charge in [-0.25, -0.2) is 5.14 Å². The van der Waals surface area contributed by atoms with Gasteiger partial charge in [-0.15, -0.1) is 0 Å². The zero-order valence-corrected chi connectivity index (χ0v) is 18.3. The Morgan fingerprint density at radius 1 is 1.03 bits per heavy atom. The summed E-state index contributed by atoms with van der Waals surface area (Å²) in [6, 6.07) is 3.84. The molecule has 8 nitrogen and oxygen atoms in total. The lowest BCUT2D eigenvalue weighted by Crippen LogP contribution is -2.45. The van der Waals surface area contributed by atoms with Crippen molar-refractivity contribution in [1.29, 1.82) is 0 Å². The summed E-state index contributed by atoms with van der Waals surface area (Å²) in [7, 11) is -8.04. The van der Waals surface area contributed by atoms with Crippen LogP contribution < -0.4 is 14.5 Å². The van der Waals surface area contributed by atoms with Gasteiger partial charge in [0.15, 0.2) is 0 Å². The van der Waals surface area contributed by atoms with Crippen molar-refractivity contribution in [2.24, 2.45) is 27.5 Å². The Morgan fingerprint density at radius 2 is 1.76 bits per heavy atom. The minimum absolute atomic E-state index is 0.198. The first-order valence-corrected chi connectivity index (χ1v) is 12.9. The van der Waals surface area contributed by atoms with Crippen molar-refractivity contribution in [2.75, 3.05) is 0 Å². The Kier molecular flexibility index (Phi) is 5.02. The first kappa shape index (κ1) is 21.0. The standard InChI is InChI=1S/C19H28N2O6S2/c1-11-9-15-12(10-17(11)26-28(20,22)23)3-4-14-13(15)7-8-19(2)16(14)5-6-18(19)27-29(21,24)25/h9-10,13-14,16,18H,3-8H2,1-2H3,(H2,20,22,23)(H2,21,24,25)/t13-,14+,16-,18-,19-/m0/s1. The summed E-state index contributed by atoms with van der Waals surface area (Å²) >= 11 is 0. The predicted molar refractivity (Wildman–Crippen MR) is 108 cm³/mol. The highest BCUT2D eigenvalue weighted by atomic mass is 32.2. The SMILES string of the molecule is Cc1cc2c(cc1OS(N)(=O)=O)CC[C@@H]1[C@@H]2CC[C@]2(C)[C@@H](OS(N)(=O)=O)CC[C@@H]12. The van der Waals surface area contributed by atoms with Crippen molar-refractivity contribution in [3.8, 4) is 5.75 Å². The molecule has 0 radical (unpaired) electrons. The van der Waals surface area contributed by atoms with E-state index in [4.69, 9.17) is 18.6 Å². The average molecular weight is 445 g/mol. The lowest BCUT2D eigenvalue weighted by Gasteiger charge is -2.50. The first-order valence-electron chi connectivity index (χ1n) is 9.94. The van der Waals surface area contributed by atoms with Gasteiger partial charge in [0.25, 0.3) is 0 Å². The molecule has 1 aromatic carbocycles. The molecule has 4 N–H and O–H groups in total. The molecule has 2 fully saturated rings. The zero-order valence-electron chi connectivity index (χ0n) is 16.6. The summed E-state index contributed by atoms with van der Waals surface area (Å²) in [6.45, 7) is 3.96. The van der Waals surface area contributed by atoms with Crippen LogP contribution in [0.3, 0.4) is 0 Å². The van der Waals surface area contributed by atoms with Gasteiger partial charge in [0.1, 0.15) is 5.75 Å². The molecule has 0 amide bonds. The molecule has 162 valence electrons. The fourth-order valence-corrected chi connectivity index (χ4v) is 7.27. The fraction of sp³-hybridized carbons (Fsp3) is 0.684. The minimum Gasteiger partial charge on any atom is -0.371 e. The van der Waals surface area contributed by atoms with Crippen LogP contribution in [-0.2, 0) is 31.2 Å². The molecule has 2 saturated carbocycles. The summed E-state index contributed by atoms with van der Waals surface area (Å²) in [5, 5.41) is 10.2. The topological polar surface area (TPSA) is 139 Å². The molecule has 0 aromatic heterocycles. The molecule has 0 spiro atoms. The molecule has 29 heavy (non-hydrogen) atoms. The highest BCUT2D eigenvalue weighted by molar-refractivity contribution is 7.84. The van der Waals surface area contributed by atoms with Crippen LogP contribution in [0.1, 0.15) is 61.6 Å². The van der Waals surface area contributed by atoms with Crippen LogP contribution in [0.25, 0.3) is 0 Å². The lowest BCUT2D eigenvalue weighted by molar-refractivity contribution is -0.00802. The van der Waals surface area contributed by atoms with Gasteiger partial charge < -0.3 is 4.18 Å². The van der Waals surface area contributed by atoms with E-state index in [0.29, 0.717) is 24.2 Å². The Labute approximate surface area is 172 Å². The fourth-order valence-electron chi connectivity index (χ4n) is 6.20. The van der Waals surface area contributed by atoms with Gasteiger partial charge in [-0.2, -0.15) is 22.0 Å². The smallest absolute Gasteiger partial charge is 0.371 e. The summed E-state index contributed by atoms with van der Waals surface area (Å²) < 4.78 is 55.9. The molecule has 0 aliphatic heterocycles. The maximum absolute atomic E-state index is 11.5. The first-order chi connectivity index (χ1) is 13.4. The van der Waals surface area contributed by atoms with Crippen LogP contribution in [0.5, 0.6) is 5.75 Å². The molecule has 0 heterocycles. The third-order valence-corrected chi connectivity index (χ3v) is 8.30. The Hall–Kier alpha value is -1.20. The van der Waals surface area contributed by atoms with E-state index in [-0.39, 0.29) is 17.3 Å². The van der Waals surface area contributed by atoms with Gasteiger partial charge in [0, 0.05) is 0 Å². The van der Waals surface area contributed by atoms with E-state index >= 15 is 0 Å². The Morgan fingerprint density at radius 3 is 2.41 bits per heavy atom. The summed E-state index contributed by atoms with van der Waals surface area (Å²) in [5.74, 6) is 1.47. The highest BCUT2D eigenvalue weighted by Gasteiger charge is 2.56. The van der Waals surface area contributed by atoms with Crippen molar-refractivity contribution in [3.05, 3.63) is 28.8 Å². The van der Waals surface area contributed by atoms with E-state index in [1.165, 1.54) is 5.56 Å². The highest BCUT2D eigenvalue weighted by Crippen LogP contribution is 2.61. The quantitative estimate of drug-likeness (QED) is 0.728. The molecule has 5 atom stereocenters. The van der Waals surface area contributed by atoms with E-state index in [1.807, 2.05) is 13.0 Å². The van der Waals surface area contributed by atoms with Crippen LogP contribution in [0, 0.1) is 24.2 Å². The number of rotatable bonds is 4. The zero-order chi connectivity index (χ0) is 21.2. The van der Waals surface area contributed by atoms with Crippen molar-refractivity contribution in [3.63, 3.8) is 0 Å². The monoisotopic (exact) mass is 444 g/mol. The second kappa shape index (κ2) is 6.91. The molecule has 0 saturated heterocycles. The van der Waals surface area contributed by atoms with Crippen molar-refractivity contribution in [2.45, 2.75) is 64.4 Å². The number of hydrogen-bond donors (Lipinski definition) is 2. The maximum Gasteiger partial charge on any atom is 0.380 e. The Balaban J connectivity index is 1.63.